The number of anilines is 2. The largest absolute Gasteiger partial charge is 0.323 e. The molecule has 0 fully saturated rings. The van der Waals surface area contributed by atoms with Crippen molar-refractivity contribution in [2.45, 2.75) is 19.8 Å². The van der Waals surface area contributed by atoms with Crippen molar-refractivity contribution in [3.8, 4) is 0 Å². The maximum Gasteiger partial charge on any atom is 0.323 e. The van der Waals surface area contributed by atoms with Gasteiger partial charge in [0.2, 0.25) is 0 Å². The molecular weight excluding hydrogens is 344 g/mol. The fourth-order valence-corrected chi connectivity index (χ4v) is 3.06. The third kappa shape index (κ3) is 3.20. The first-order chi connectivity index (χ1) is 10.5. The Labute approximate surface area is 137 Å². The summed E-state index contributed by atoms with van der Waals surface area (Å²) in [6, 6.07) is 11.0. The van der Waals surface area contributed by atoms with Crippen LogP contribution in [0.2, 0.25) is 0 Å². The van der Waals surface area contributed by atoms with Gasteiger partial charge in [-0.15, -0.1) is 0 Å². The lowest BCUT2D eigenvalue weighted by Crippen LogP contribution is -2.20. The molecule has 2 aromatic carbocycles. The van der Waals surface area contributed by atoms with Crippen LogP contribution in [0, 0.1) is 6.92 Å². The Balaban J connectivity index is 1.70. The number of aryl methyl sites for hydroxylation is 1. The Kier molecular flexibility index (Phi) is 3.98. The van der Waals surface area contributed by atoms with E-state index in [1.54, 1.807) is 0 Å². The zero-order chi connectivity index (χ0) is 15.7. The predicted octanol–water partition coefficient (Wildman–Crippen LogP) is 4.07. The summed E-state index contributed by atoms with van der Waals surface area (Å²) in [5.74, 6) is 0.224. The first-order valence-electron chi connectivity index (χ1n) is 6.99. The van der Waals surface area contributed by atoms with Crippen molar-refractivity contribution in [2.75, 3.05) is 10.6 Å². The molecule has 1 aliphatic carbocycles. The number of carbonyl (C=O) groups is 2. The molecule has 3 rings (SSSR count). The number of hydrogen-bond acceptors (Lipinski definition) is 2. The van der Waals surface area contributed by atoms with Crippen molar-refractivity contribution in [2.24, 2.45) is 0 Å². The highest BCUT2D eigenvalue weighted by Crippen LogP contribution is 2.24. The van der Waals surface area contributed by atoms with E-state index < -0.39 is 0 Å². The number of urea groups is 1. The van der Waals surface area contributed by atoms with Crippen molar-refractivity contribution in [1.82, 2.24) is 0 Å². The number of fused-ring (bicyclic) bond motifs is 1. The van der Waals surface area contributed by atoms with Crippen LogP contribution in [-0.4, -0.2) is 11.8 Å². The molecule has 0 spiro atoms. The smallest absolute Gasteiger partial charge is 0.308 e. The number of hydrogen-bond donors (Lipinski definition) is 2. The first-order valence-corrected chi connectivity index (χ1v) is 7.78. The minimum absolute atomic E-state index is 0.224. The molecule has 0 radical (unpaired) electrons. The molecule has 0 unspecified atom stereocenters. The van der Waals surface area contributed by atoms with Gasteiger partial charge in [-0.1, -0.05) is 22.0 Å². The van der Waals surface area contributed by atoms with Gasteiger partial charge in [-0.25, -0.2) is 4.79 Å². The fourth-order valence-electron chi connectivity index (χ4n) is 2.58. The summed E-state index contributed by atoms with van der Waals surface area (Å²) in [4.78, 5) is 23.5. The number of halogens is 1. The molecule has 0 saturated carbocycles. The van der Waals surface area contributed by atoms with Gasteiger partial charge in [-0.05, 0) is 53.9 Å². The second-order valence-corrected chi connectivity index (χ2v) is 6.33. The monoisotopic (exact) mass is 358 g/mol. The molecule has 2 aromatic rings. The summed E-state index contributed by atoms with van der Waals surface area (Å²) in [5, 5.41) is 5.63. The van der Waals surface area contributed by atoms with E-state index in [9.17, 15) is 9.59 Å². The summed E-state index contributed by atoms with van der Waals surface area (Å²) in [6.07, 6.45) is 0.957. The van der Waals surface area contributed by atoms with E-state index in [4.69, 9.17) is 0 Å². The van der Waals surface area contributed by atoms with E-state index in [0.717, 1.165) is 26.9 Å². The number of nitrogens with one attached hydrogen (secondary N) is 2. The zero-order valence-corrected chi connectivity index (χ0v) is 13.7. The van der Waals surface area contributed by atoms with E-state index in [1.807, 2.05) is 43.3 Å². The molecular formula is C17H15BrN2O2. The number of amides is 2. The maximum absolute atomic E-state index is 12.1. The van der Waals surface area contributed by atoms with Crippen LogP contribution in [0.3, 0.4) is 0 Å². The summed E-state index contributed by atoms with van der Waals surface area (Å²) >= 11 is 3.39. The normalized spacial score (nSPS) is 12.9. The van der Waals surface area contributed by atoms with E-state index in [2.05, 4.69) is 26.6 Å². The van der Waals surface area contributed by atoms with Crippen LogP contribution < -0.4 is 10.6 Å². The highest BCUT2D eigenvalue weighted by atomic mass is 79.9. The van der Waals surface area contributed by atoms with Crippen molar-refractivity contribution in [3.63, 3.8) is 0 Å². The lowest BCUT2D eigenvalue weighted by Gasteiger charge is -2.11. The minimum atomic E-state index is -0.297. The standard InChI is InChI=1S/C17H15BrN2O2/c1-10-6-13(18)3-5-16(10)20-17(22)19-14-4-2-11-8-15(21)9-12(11)7-14/h2-7H,8-9H2,1H3,(H2,19,20,22). The number of benzene rings is 2. The Morgan fingerprint density at radius 3 is 2.59 bits per heavy atom. The minimum Gasteiger partial charge on any atom is -0.308 e. The molecule has 4 nitrogen and oxygen atoms in total. The van der Waals surface area contributed by atoms with Crippen molar-refractivity contribution >= 4 is 39.1 Å². The third-order valence-electron chi connectivity index (χ3n) is 3.68. The van der Waals surface area contributed by atoms with Crippen LogP contribution in [0.5, 0.6) is 0 Å². The topological polar surface area (TPSA) is 58.2 Å². The van der Waals surface area contributed by atoms with Gasteiger partial charge in [0.1, 0.15) is 5.78 Å². The molecule has 5 heteroatoms. The predicted molar refractivity (Wildman–Crippen MR) is 90.4 cm³/mol. The van der Waals surface area contributed by atoms with E-state index in [-0.39, 0.29) is 11.8 Å². The van der Waals surface area contributed by atoms with Crippen LogP contribution in [0.4, 0.5) is 16.2 Å². The van der Waals surface area contributed by atoms with E-state index >= 15 is 0 Å². The lowest BCUT2D eigenvalue weighted by atomic mass is 10.1. The average molecular weight is 359 g/mol. The molecule has 1 aliphatic rings. The van der Waals surface area contributed by atoms with Gasteiger partial charge in [0, 0.05) is 28.7 Å². The molecule has 112 valence electrons. The number of carbonyl (C=O) groups excluding carboxylic acids is 2. The van der Waals surface area contributed by atoms with Gasteiger partial charge in [0.15, 0.2) is 0 Å². The second kappa shape index (κ2) is 5.93. The van der Waals surface area contributed by atoms with Crippen molar-refractivity contribution in [1.29, 1.82) is 0 Å². The van der Waals surface area contributed by atoms with E-state index in [1.165, 1.54) is 0 Å². The first kappa shape index (κ1) is 14.8. The van der Waals surface area contributed by atoms with Crippen LogP contribution >= 0.6 is 15.9 Å². The number of Topliss-reactive ketones (excluding diaryl/α,β-unsaturated/α-hetero) is 1. The highest BCUT2D eigenvalue weighted by molar-refractivity contribution is 9.10. The molecule has 2 N–H and O–H groups in total. The Hall–Kier alpha value is -2.14. The van der Waals surface area contributed by atoms with Crippen LogP contribution in [0.25, 0.3) is 0 Å². The molecule has 22 heavy (non-hydrogen) atoms. The van der Waals surface area contributed by atoms with Crippen molar-refractivity contribution in [3.05, 3.63) is 57.6 Å². The van der Waals surface area contributed by atoms with Crippen molar-refractivity contribution < 1.29 is 9.59 Å². The molecule has 0 aromatic heterocycles. The quantitative estimate of drug-likeness (QED) is 0.849. The number of ketones is 1. The third-order valence-corrected chi connectivity index (χ3v) is 4.17. The van der Waals surface area contributed by atoms with Gasteiger partial charge in [-0.3, -0.25) is 4.79 Å². The van der Waals surface area contributed by atoms with Gasteiger partial charge >= 0.3 is 6.03 Å². The molecule has 0 saturated heterocycles. The maximum atomic E-state index is 12.1. The molecule has 0 atom stereocenters. The molecule has 2 amide bonds. The van der Waals surface area contributed by atoms with E-state index in [0.29, 0.717) is 18.5 Å². The average Bonchev–Trinajstić information content (AvgIpc) is 2.81. The lowest BCUT2D eigenvalue weighted by molar-refractivity contribution is -0.117. The Morgan fingerprint density at radius 1 is 1.05 bits per heavy atom. The SMILES string of the molecule is Cc1cc(Br)ccc1NC(=O)Nc1ccc2c(c1)CC(=O)C2. The molecule has 0 bridgehead atoms. The van der Waals surface area contributed by atoms with Gasteiger partial charge < -0.3 is 10.6 Å². The Morgan fingerprint density at radius 2 is 1.82 bits per heavy atom. The molecule has 0 aliphatic heterocycles. The van der Waals surface area contributed by atoms with Gasteiger partial charge in [0.25, 0.3) is 0 Å². The second-order valence-electron chi connectivity index (χ2n) is 5.41. The van der Waals surface area contributed by atoms with Crippen LogP contribution in [0.1, 0.15) is 16.7 Å². The van der Waals surface area contributed by atoms with Gasteiger partial charge in [0.05, 0.1) is 0 Å². The van der Waals surface area contributed by atoms with Crippen LogP contribution in [0.15, 0.2) is 40.9 Å². The highest BCUT2D eigenvalue weighted by Gasteiger charge is 2.18. The fraction of sp³-hybridized carbons (Fsp3) is 0.176. The zero-order valence-electron chi connectivity index (χ0n) is 12.1. The van der Waals surface area contributed by atoms with Crippen LogP contribution in [-0.2, 0) is 17.6 Å². The summed E-state index contributed by atoms with van der Waals surface area (Å²) in [5.41, 5.74) is 4.49. The van der Waals surface area contributed by atoms with Gasteiger partial charge in [-0.2, -0.15) is 0 Å². The summed E-state index contributed by atoms with van der Waals surface area (Å²) in [7, 11) is 0. The summed E-state index contributed by atoms with van der Waals surface area (Å²) in [6.45, 7) is 1.93. The number of rotatable bonds is 2. The Bertz CT molecular complexity index is 771. The molecule has 0 heterocycles. The summed E-state index contributed by atoms with van der Waals surface area (Å²) < 4.78 is 0.972.